The summed E-state index contributed by atoms with van der Waals surface area (Å²) in [5.41, 5.74) is 0. The van der Waals surface area contributed by atoms with Crippen LogP contribution < -0.4 is 16.0 Å². The molecule has 9 heteroatoms. The van der Waals surface area contributed by atoms with Crippen LogP contribution in [-0.2, 0) is 14.6 Å². The number of halogens is 1. The Morgan fingerprint density at radius 2 is 1.83 bits per heavy atom. The van der Waals surface area contributed by atoms with Crippen molar-refractivity contribution in [2.24, 2.45) is 4.99 Å². The van der Waals surface area contributed by atoms with Crippen molar-refractivity contribution in [1.29, 1.82) is 0 Å². The van der Waals surface area contributed by atoms with Gasteiger partial charge in [-0.25, -0.2) is 8.42 Å². The molecular formula is C15H29IN4O3S. The highest BCUT2D eigenvalue weighted by molar-refractivity contribution is 14.0. The third-order valence-corrected chi connectivity index (χ3v) is 6.01. The van der Waals surface area contributed by atoms with Gasteiger partial charge in [-0.15, -0.1) is 24.0 Å². The number of nitrogens with zero attached hydrogens (tertiary/aromatic N) is 1. The maximum atomic E-state index is 11.9. The Balaban J connectivity index is 0.00000288. The van der Waals surface area contributed by atoms with Gasteiger partial charge in [0.25, 0.3) is 0 Å². The summed E-state index contributed by atoms with van der Waals surface area (Å²) in [5.74, 6) is 1.01. The zero-order valence-electron chi connectivity index (χ0n) is 14.2. The average Bonchev–Trinajstić information content (AvgIpc) is 3.08. The number of carbonyl (C=O) groups excluding carboxylic acids is 1. The van der Waals surface area contributed by atoms with Crippen molar-refractivity contribution in [2.45, 2.75) is 57.5 Å². The van der Waals surface area contributed by atoms with Crippen LogP contribution in [0.15, 0.2) is 4.99 Å². The van der Waals surface area contributed by atoms with E-state index in [-0.39, 0.29) is 47.4 Å². The largest absolute Gasteiger partial charge is 0.357 e. The molecule has 2 fully saturated rings. The normalized spacial score (nSPS) is 23.5. The van der Waals surface area contributed by atoms with Gasteiger partial charge in [-0.1, -0.05) is 12.8 Å². The maximum absolute atomic E-state index is 11.9. The quantitative estimate of drug-likeness (QED) is 0.302. The van der Waals surface area contributed by atoms with Crippen molar-refractivity contribution in [2.75, 3.05) is 24.6 Å². The highest BCUT2D eigenvalue weighted by atomic mass is 127. The average molecular weight is 472 g/mol. The van der Waals surface area contributed by atoms with Gasteiger partial charge in [-0.05, 0) is 26.2 Å². The molecule has 0 aromatic heterocycles. The molecule has 7 nitrogen and oxygen atoms in total. The first kappa shape index (κ1) is 21.5. The van der Waals surface area contributed by atoms with Gasteiger partial charge in [0.1, 0.15) is 0 Å². The number of carbonyl (C=O) groups is 1. The molecule has 0 aromatic rings. The Kier molecular flexibility index (Phi) is 9.32. The summed E-state index contributed by atoms with van der Waals surface area (Å²) in [4.78, 5) is 16.2. The summed E-state index contributed by atoms with van der Waals surface area (Å²) in [7, 11) is -2.91. The van der Waals surface area contributed by atoms with Crippen LogP contribution in [0.5, 0.6) is 0 Å². The lowest BCUT2D eigenvalue weighted by Gasteiger charge is -2.16. The third-order valence-electron chi connectivity index (χ3n) is 4.25. The number of aliphatic imine (C=N–C) groups is 1. The van der Waals surface area contributed by atoms with Crippen molar-refractivity contribution >= 4 is 45.7 Å². The van der Waals surface area contributed by atoms with Gasteiger partial charge in [0, 0.05) is 25.0 Å². The number of hydrogen-bond acceptors (Lipinski definition) is 4. The second-order valence-electron chi connectivity index (χ2n) is 6.30. The van der Waals surface area contributed by atoms with Gasteiger partial charge in [0.15, 0.2) is 15.8 Å². The lowest BCUT2D eigenvalue weighted by molar-refractivity contribution is -0.121. The van der Waals surface area contributed by atoms with Gasteiger partial charge in [0.2, 0.25) is 5.91 Å². The van der Waals surface area contributed by atoms with E-state index in [9.17, 15) is 13.2 Å². The van der Waals surface area contributed by atoms with Crippen LogP contribution in [0.25, 0.3) is 0 Å². The molecule has 1 unspecified atom stereocenters. The molecule has 0 bridgehead atoms. The predicted octanol–water partition coefficient (Wildman–Crippen LogP) is 0.796. The molecule has 2 rings (SSSR count). The van der Waals surface area contributed by atoms with E-state index < -0.39 is 9.84 Å². The zero-order valence-corrected chi connectivity index (χ0v) is 17.4. The lowest BCUT2D eigenvalue weighted by Crippen LogP contribution is -2.44. The number of rotatable bonds is 6. The topological polar surface area (TPSA) is 99.7 Å². The van der Waals surface area contributed by atoms with Crippen molar-refractivity contribution in [1.82, 2.24) is 16.0 Å². The smallest absolute Gasteiger partial charge is 0.222 e. The summed E-state index contributed by atoms with van der Waals surface area (Å²) in [5, 5.41) is 9.28. The fourth-order valence-corrected chi connectivity index (χ4v) is 4.73. The summed E-state index contributed by atoms with van der Waals surface area (Å²) >= 11 is 0. The summed E-state index contributed by atoms with van der Waals surface area (Å²) < 4.78 is 23.0. The number of amides is 1. The fourth-order valence-electron chi connectivity index (χ4n) is 3.06. The van der Waals surface area contributed by atoms with Crippen molar-refractivity contribution in [3.63, 3.8) is 0 Å². The molecule has 1 saturated carbocycles. The SMILES string of the molecule is CCNC(=NCCC(=O)NC1CCCC1)NC1CCS(=O)(=O)C1.I. The minimum Gasteiger partial charge on any atom is -0.357 e. The van der Waals surface area contributed by atoms with E-state index >= 15 is 0 Å². The molecule has 24 heavy (non-hydrogen) atoms. The van der Waals surface area contributed by atoms with E-state index in [0.29, 0.717) is 37.9 Å². The van der Waals surface area contributed by atoms with Gasteiger partial charge in [0.05, 0.1) is 18.1 Å². The highest BCUT2D eigenvalue weighted by Gasteiger charge is 2.28. The molecule has 2 aliphatic rings. The fraction of sp³-hybridized carbons (Fsp3) is 0.867. The zero-order chi connectivity index (χ0) is 16.7. The highest BCUT2D eigenvalue weighted by Crippen LogP contribution is 2.17. The molecule has 1 atom stereocenters. The first-order chi connectivity index (χ1) is 11.0. The van der Waals surface area contributed by atoms with E-state index in [1.807, 2.05) is 6.92 Å². The minimum absolute atomic E-state index is 0. The summed E-state index contributed by atoms with van der Waals surface area (Å²) in [6.45, 7) is 3.04. The molecule has 1 aliphatic carbocycles. The van der Waals surface area contributed by atoms with Crippen LogP contribution in [0.2, 0.25) is 0 Å². The number of guanidine groups is 1. The lowest BCUT2D eigenvalue weighted by atomic mass is 10.2. The van der Waals surface area contributed by atoms with Crippen LogP contribution in [0.1, 0.15) is 45.4 Å². The molecule has 1 aliphatic heterocycles. The van der Waals surface area contributed by atoms with E-state index in [2.05, 4.69) is 20.9 Å². The van der Waals surface area contributed by atoms with E-state index in [1.54, 1.807) is 0 Å². The molecule has 1 heterocycles. The van der Waals surface area contributed by atoms with E-state index in [0.717, 1.165) is 12.8 Å². The first-order valence-corrected chi connectivity index (χ1v) is 10.4. The van der Waals surface area contributed by atoms with Gasteiger partial charge in [-0.2, -0.15) is 0 Å². The summed E-state index contributed by atoms with van der Waals surface area (Å²) in [6.07, 6.45) is 5.51. The van der Waals surface area contributed by atoms with Crippen LogP contribution >= 0.6 is 24.0 Å². The van der Waals surface area contributed by atoms with Gasteiger partial charge >= 0.3 is 0 Å². The molecule has 3 N–H and O–H groups in total. The second-order valence-corrected chi connectivity index (χ2v) is 8.53. The van der Waals surface area contributed by atoms with Gasteiger partial charge < -0.3 is 16.0 Å². The van der Waals surface area contributed by atoms with Crippen LogP contribution in [0.4, 0.5) is 0 Å². The number of nitrogens with one attached hydrogen (secondary N) is 3. The van der Waals surface area contributed by atoms with Crippen molar-refractivity contribution in [3.8, 4) is 0 Å². The maximum Gasteiger partial charge on any atom is 0.222 e. The molecule has 1 saturated heterocycles. The van der Waals surface area contributed by atoms with Crippen LogP contribution in [0, 0.1) is 0 Å². The first-order valence-electron chi connectivity index (χ1n) is 8.53. The monoisotopic (exact) mass is 472 g/mol. The Morgan fingerprint density at radius 3 is 2.42 bits per heavy atom. The molecule has 0 aromatic carbocycles. The molecule has 0 spiro atoms. The Hall–Kier alpha value is -0.580. The van der Waals surface area contributed by atoms with E-state index in [1.165, 1.54) is 12.8 Å². The standard InChI is InChI=1S/C15H28N4O3S.HI/c1-2-16-15(19-13-8-10-23(21,22)11-13)17-9-7-14(20)18-12-5-3-4-6-12;/h12-13H,2-11H2,1H3,(H,18,20)(H2,16,17,19);1H. The minimum atomic E-state index is -2.91. The number of hydrogen-bond donors (Lipinski definition) is 3. The van der Waals surface area contributed by atoms with Crippen LogP contribution in [-0.4, -0.2) is 57.0 Å². The Labute approximate surface area is 161 Å². The molecule has 1 amide bonds. The van der Waals surface area contributed by atoms with E-state index in [4.69, 9.17) is 0 Å². The number of sulfone groups is 1. The molecule has 140 valence electrons. The van der Waals surface area contributed by atoms with Crippen molar-refractivity contribution < 1.29 is 13.2 Å². The predicted molar refractivity (Wildman–Crippen MR) is 107 cm³/mol. The molecular weight excluding hydrogens is 443 g/mol. The molecule has 0 radical (unpaired) electrons. The Bertz CT molecular complexity index is 533. The second kappa shape index (κ2) is 10.4. The Morgan fingerprint density at radius 1 is 1.12 bits per heavy atom. The van der Waals surface area contributed by atoms with Gasteiger partial charge in [-0.3, -0.25) is 9.79 Å². The van der Waals surface area contributed by atoms with Crippen molar-refractivity contribution in [3.05, 3.63) is 0 Å². The summed E-state index contributed by atoms with van der Waals surface area (Å²) in [6, 6.07) is 0.242. The third kappa shape index (κ3) is 7.54. The van der Waals surface area contributed by atoms with Crippen LogP contribution in [0.3, 0.4) is 0 Å².